The maximum absolute atomic E-state index is 11.1. The van der Waals surface area contributed by atoms with Crippen molar-refractivity contribution < 1.29 is 9.90 Å². The lowest BCUT2D eigenvalue weighted by molar-refractivity contribution is 0.0696. The fourth-order valence-corrected chi connectivity index (χ4v) is 2.62. The number of hydrogen-bond acceptors (Lipinski definition) is 2. The van der Waals surface area contributed by atoms with E-state index < -0.39 is 5.97 Å². The highest BCUT2D eigenvalue weighted by atomic mass is 16.4. The van der Waals surface area contributed by atoms with E-state index in [2.05, 4.69) is 11.8 Å². The second kappa shape index (κ2) is 4.78. The van der Waals surface area contributed by atoms with Crippen molar-refractivity contribution in [2.75, 3.05) is 11.4 Å². The number of benzene rings is 1. The summed E-state index contributed by atoms with van der Waals surface area (Å²) >= 11 is 0. The Morgan fingerprint density at radius 2 is 2.18 bits per heavy atom. The predicted octanol–water partition coefficient (Wildman–Crippen LogP) is 3.07. The molecular weight excluding hydrogens is 214 g/mol. The van der Waals surface area contributed by atoms with Gasteiger partial charge in [-0.2, -0.15) is 0 Å². The largest absolute Gasteiger partial charge is 0.478 e. The summed E-state index contributed by atoms with van der Waals surface area (Å²) in [7, 11) is 0. The van der Waals surface area contributed by atoms with Gasteiger partial charge < -0.3 is 10.0 Å². The average molecular weight is 233 g/mol. The predicted molar refractivity (Wildman–Crippen MR) is 68.8 cm³/mol. The van der Waals surface area contributed by atoms with Gasteiger partial charge in [0.2, 0.25) is 0 Å². The van der Waals surface area contributed by atoms with Gasteiger partial charge >= 0.3 is 5.97 Å². The molecule has 3 heteroatoms. The fourth-order valence-electron chi connectivity index (χ4n) is 2.62. The Bertz CT molecular complexity index is 428. The first-order valence-corrected chi connectivity index (χ1v) is 6.21. The summed E-state index contributed by atoms with van der Waals surface area (Å²) in [6.07, 6.45) is 3.66. The first-order valence-electron chi connectivity index (χ1n) is 6.21. The second-order valence-electron chi connectivity index (χ2n) is 4.79. The normalized spacial score (nSPS) is 20.4. The number of rotatable bonds is 2. The van der Waals surface area contributed by atoms with E-state index in [1.54, 1.807) is 6.07 Å². The molecule has 92 valence electrons. The molecule has 1 saturated heterocycles. The number of carboxylic acid groups (broad SMARTS) is 1. The molecule has 0 amide bonds. The lowest BCUT2D eigenvalue weighted by Gasteiger charge is -2.36. The molecule has 1 atom stereocenters. The smallest absolute Gasteiger partial charge is 0.336 e. The first-order chi connectivity index (χ1) is 8.11. The molecule has 0 spiro atoms. The molecule has 1 aromatic rings. The Morgan fingerprint density at radius 1 is 1.41 bits per heavy atom. The minimum atomic E-state index is -0.839. The summed E-state index contributed by atoms with van der Waals surface area (Å²) in [5.41, 5.74) is 2.38. The van der Waals surface area contributed by atoms with E-state index in [1.807, 2.05) is 19.1 Å². The Labute approximate surface area is 102 Å². The van der Waals surface area contributed by atoms with Crippen LogP contribution in [0.25, 0.3) is 0 Å². The Kier molecular flexibility index (Phi) is 3.36. The van der Waals surface area contributed by atoms with E-state index >= 15 is 0 Å². The monoisotopic (exact) mass is 233 g/mol. The zero-order valence-corrected chi connectivity index (χ0v) is 10.4. The number of hydrogen-bond donors (Lipinski definition) is 1. The van der Waals surface area contributed by atoms with Gasteiger partial charge in [-0.05, 0) is 50.8 Å². The van der Waals surface area contributed by atoms with E-state index in [4.69, 9.17) is 5.11 Å². The molecule has 1 aliphatic heterocycles. The number of carboxylic acids is 1. The van der Waals surface area contributed by atoms with Crippen LogP contribution in [0.3, 0.4) is 0 Å². The van der Waals surface area contributed by atoms with Gasteiger partial charge in [0.05, 0.1) is 5.56 Å². The summed E-state index contributed by atoms with van der Waals surface area (Å²) in [4.78, 5) is 13.5. The topological polar surface area (TPSA) is 40.5 Å². The molecule has 1 unspecified atom stereocenters. The number of aromatic carboxylic acids is 1. The number of piperidine rings is 1. The quantitative estimate of drug-likeness (QED) is 0.853. The Hall–Kier alpha value is -1.51. The molecule has 3 nitrogen and oxygen atoms in total. The lowest BCUT2D eigenvalue weighted by atomic mass is 9.99. The van der Waals surface area contributed by atoms with Crippen LogP contribution in [-0.4, -0.2) is 23.7 Å². The molecule has 17 heavy (non-hydrogen) atoms. The third-order valence-corrected chi connectivity index (χ3v) is 3.65. The van der Waals surface area contributed by atoms with Gasteiger partial charge in [-0.1, -0.05) is 6.07 Å². The van der Waals surface area contributed by atoms with Crippen molar-refractivity contribution >= 4 is 11.7 Å². The summed E-state index contributed by atoms with van der Waals surface area (Å²) in [5, 5.41) is 9.14. The molecule has 1 heterocycles. The van der Waals surface area contributed by atoms with Crippen molar-refractivity contribution in [1.29, 1.82) is 0 Å². The molecule has 1 aromatic carbocycles. The van der Waals surface area contributed by atoms with Crippen molar-refractivity contribution in [2.45, 2.75) is 39.2 Å². The van der Waals surface area contributed by atoms with Crippen LogP contribution in [0.1, 0.15) is 42.1 Å². The van der Waals surface area contributed by atoms with Crippen molar-refractivity contribution in [3.8, 4) is 0 Å². The van der Waals surface area contributed by atoms with Crippen LogP contribution in [0.15, 0.2) is 18.2 Å². The van der Waals surface area contributed by atoms with Gasteiger partial charge in [-0.3, -0.25) is 0 Å². The van der Waals surface area contributed by atoms with Crippen LogP contribution in [0, 0.1) is 6.92 Å². The molecule has 0 saturated carbocycles. The van der Waals surface area contributed by atoms with Gasteiger partial charge in [-0.15, -0.1) is 0 Å². The summed E-state index contributed by atoms with van der Waals surface area (Å²) in [5.74, 6) is -0.839. The molecule has 0 aliphatic carbocycles. The molecule has 0 radical (unpaired) electrons. The van der Waals surface area contributed by atoms with Crippen molar-refractivity contribution in [3.63, 3.8) is 0 Å². The zero-order valence-electron chi connectivity index (χ0n) is 10.4. The van der Waals surface area contributed by atoms with Crippen molar-refractivity contribution in [1.82, 2.24) is 0 Å². The average Bonchev–Trinajstić information content (AvgIpc) is 2.30. The van der Waals surface area contributed by atoms with Gasteiger partial charge in [-0.25, -0.2) is 4.79 Å². The third kappa shape index (κ3) is 2.28. The third-order valence-electron chi connectivity index (χ3n) is 3.65. The van der Waals surface area contributed by atoms with Crippen molar-refractivity contribution in [3.05, 3.63) is 29.3 Å². The minimum absolute atomic E-state index is 0.417. The van der Waals surface area contributed by atoms with Crippen LogP contribution in [0.5, 0.6) is 0 Å². The minimum Gasteiger partial charge on any atom is -0.478 e. The van der Waals surface area contributed by atoms with Gasteiger partial charge in [0, 0.05) is 18.3 Å². The summed E-state index contributed by atoms with van der Waals surface area (Å²) < 4.78 is 0. The molecule has 1 aliphatic rings. The van der Waals surface area contributed by atoms with E-state index in [0.29, 0.717) is 11.6 Å². The molecule has 1 N–H and O–H groups in total. The highest BCUT2D eigenvalue weighted by molar-refractivity contribution is 5.91. The highest BCUT2D eigenvalue weighted by Crippen LogP contribution is 2.29. The highest BCUT2D eigenvalue weighted by Gasteiger charge is 2.21. The molecule has 0 aromatic heterocycles. The number of anilines is 1. The van der Waals surface area contributed by atoms with Crippen LogP contribution in [-0.2, 0) is 0 Å². The van der Waals surface area contributed by atoms with Gasteiger partial charge in [0.25, 0.3) is 0 Å². The van der Waals surface area contributed by atoms with Crippen LogP contribution >= 0.6 is 0 Å². The van der Waals surface area contributed by atoms with E-state index in [1.165, 1.54) is 19.3 Å². The first kappa shape index (κ1) is 12.0. The lowest BCUT2D eigenvalue weighted by Crippen LogP contribution is -2.38. The van der Waals surface area contributed by atoms with Crippen LogP contribution < -0.4 is 4.90 Å². The Balaban J connectivity index is 2.38. The standard InChI is InChI=1S/C14H19NO2/c1-10-6-3-4-9-15(10)13-8-5-7-12(11(13)2)14(16)17/h5,7-8,10H,3-4,6,9H2,1-2H3,(H,16,17). The van der Waals surface area contributed by atoms with E-state index in [0.717, 1.165) is 17.8 Å². The molecule has 0 bridgehead atoms. The fraction of sp³-hybridized carbons (Fsp3) is 0.500. The SMILES string of the molecule is Cc1c(C(=O)O)cccc1N1CCCCC1C. The number of carbonyl (C=O) groups is 1. The molecule has 1 fully saturated rings. The van der Waals surface area contributed by atoms with Crippen LogP contribution in [0.2, 0.25) is 0 Å². The summed E-state index contributed by atoms with van der Waals surface area (Å²) in [6.45, 7) is 5.15. The maximum atomic E-state index is 11.1. The summed E-state index contributed by atoms with van der Waals surface area (Å²) in [6, 6.07) is 6.05. The van der Waals surface area contributed by atoms with Gasteiger partial charge in [0.1, 0.15) is 0 Å². The maximum Gasteiger partial charge on any atom is 0.336 e. The van der Waals surface area contributed by atoms with Gasteiger partial charge in [0.15, 0.2) is 0 Å². The number of nitrogens with zero attached hydrogens (tertiary/aromatic N) is 1. The Morgan fingerprint density at radius 3 is 2.82 bits per heavy atom. The molecular formula is C14H19NO2. The zero-order chi connectivity index (χ0) is 12.4. The van der Waals surface area contributed by atoms with E-state index in [-0.39, 0.29) is 0 Å². The second-order valence-corrected chi connectivity index (χ2v) is 4.79. The molecule has 2 rings (SSSR count). The van der Waals surface area contributed by atoms with Crippen molar-refractivity contribution in [2.24, 2.45) is 0 Å². The van der Waals surface area contributed by atoms with Crippen LogP contribution in [0.4, 0.5) is 5.69 Å². The van der Waals surface area contributed by atoms with E-state index in [9.17, 15) is 4.79 Å².